The van der Waals surface area contributed by atoms with Gasteiger partial charge in [-0.15, -0.1) is 0 Å². The number of nitrogens with two attached hydrogens (primary N) is 1. The minimum atomic E-state index is -3.48. The van der Waals surface area contributed by atoms with Gasteiger partial charge in [0.1, 0.15) is 4.90 Å². The Hall–Kier alpha value is -0.620. The lowest BCUT2D eigenvalue weighted by Gasteiger charge is -2.16. The fourth-order valence-electron chi connectivity index (χ4n) is 1.22. The second-order valence-corrected chi connectivity index (χ2v) is 5.81. The van der Waals surface area contributed by atoms with Gasteiger partial charge in [0.05, 0.1) is 5.02 Å². The summed E-state index contributed by atoms with van der Waals surface area (Å²) < 4.78 is 25.2. The molecule has 1 rings (SSSR count). The van der Waals surface area contributed by atoms with E-state index in [1.54, 1.807) is 19.1 Å². The molecule has 0 unspecified atom stereocenters. The van der Waals surface area contributed by atoms with Crippen molar-refractivity contribution < 1.29 is 8.42 Å². The molecule has 1 aromatic carbocycles. The zero-order valence-electron chi connectivity index (χ0n) is 9.27. The predicted molar refractivity (Wildman–Crippen MR) is 64.8 cm³/mol. The molecule has 4 nitrogen and oxygen atoms in total. The first-order chi connectivity index (χ1) is 7.43. The summed E-state index contributed by atoms with van der Waals surface area (Å²) in [6.45, 7) is 2.50. The minimum absolute atomic E-state index is 0.121. The molecule has 0 atom stereocenters. The van der Waals surface area contributed by atoms with Crippen LogP contribution in [0.5, 0.6) is 0 Å². The summed E-state index contributed by atoms with van der Waals surface area (Å²) in [5, 5.41) is 0.211. The molecule has 0 fully saturated rings. The van der Waals surface area contributed by atoms with Crippen LogP contribution in [0.15, 0.2) is 23.1 Å². The Morgan fingerprint density at radius 2 is 2.06 bits per heavy atom. The zero-order chi connectivity index (χ0) is 12.3. The Morgan fingerprint density at radius 1 is 1.44 bits per heavy atom. The molecule has 0 bridgehead atoms. The van der Waals surface area contributed by atoms with E-state index in [0.29, 0.717) is 13.1 Å². The number of rotatable bonds is 4. The molecular weight excluding hydrogens is 248 g/mol. The average molecular weight is 263 g/mol. The van der Waals surface area contributed by atoms with Gasteiger partial charge in [-0.2, -0.15) is 0 Å². The molecule has 0 amide bonds. The normalized spacial score (nSPS) is 12.1. The van der Waals surface area contributed by atoms with Gasteiger partial charge in [0.15, 0.2) is 0 Å². The maximum Gasteiger partial charge on any atom is 0.244 e. The summed E-state index contributed by atoms with van der Waals surface area (Å²) in [7, 11) is -1.97. The molecule has 0 saturated carbocycles. The van der Waals surface area contributed by atoms with Crippen molar-refractivity contribution in [1.82, 2.24) is 4.31 Å². The average Bonchev–Trinajstić information content (AvgIpc) is 2.27. The predicted octanol–water partition coefficient (Wildman–Crippen LogP) is 1.44. The van der Waals surface area contributed by atoms with Crippen molar-refractivity contribution in [1.29, 1.82) is 0 Å². The number of sulfonamides is 1. The van der Waals surface area contributed by atoms with Crippen molar-refractivity contribution in [3.8, 4) is 0 Å². The molecule has 1 aromatic rings. The molecule has 0 aliphatic rings. The molecular formula is C10H15ClN2O2S. The third kappa shape index (κ3) is 2.55. The van der Waals surface area contributed by atoms with Crippen LogP contribution in [0.3, 0.4) is 0 Å². The summed E-state index contributed by atoms with van der Waals surface area (Å²) in [4.78, 5) is 0.121. The Morgan fingerprint density at radius 3 is 2.50 bits per heavy atom. The van der Waals surface area contributed by atoms with Crippen LogP contribution in [0.1, 0.15) is 12.5 Å². The number of hydrogen-bond acceptors (Lipinski definition) is 3. The summed E-state index contributed by atoms with van der Waals surface area (Å²) in [6.07, 6.45) is 0. The lowest BCUT2D eigenvalue weighted by molar-refractivity contribution is 0.486. The van der Waals surface area contributed by atoms with Crippen LogP contribution in [0.25, 0.3) is 0 Å². The van der Waals surface area contributed by atoms with Crippen molar-refractivity contribution in [3.05, 3.63) is 28.8 Å². The summed E-state index contributed by atoms with van der Waals surface area (Å²) in [5.41, 5.74) is 6.25. The molecule has 0 spiro atoms. The maximum atomic E-state index is 12.0. The van der Waals surface area contributed by atoms with Gasteiger partial charge in [-0.3, -0.25) is 0 Å². The molecule has 0 aliphatic heterocycles. The Balaban J connectivity index is 3.24. The van der Waals surface area contributed by atoms with Gasteiger partial charge < -0.3 is 5.73 Å². The van der Waals surface area contributed by atoms with Gasteiger partial charge in [-0.05, 0) is 17.7 Å². The minimum Gasteiger partial charge on any atom is -0.326 e. The highest BCUT2D eigenvalue weighted by Gasteiger charge is 2.22. The third-order valence-corrected chi connectivity index (χ3v) is 4.78. The van der Waals surface area contributed by atoms with E-state index in [4.69, 9.17) is 17.3 Å². The topological polar surface area (TPSA) is 63.4 Å². The van der Waals surface area contributed by atoms with Crippen LogP contribution in [0, 0.1) is 0 Å². The van der Waals surface area contributed by atoms with Gasteiger partial charge in [0.2, 0.25) is 10.0 Å². The van der Waals surface area contributed by atoms with E-state index in [1.165, 1.54) is 17.4 Å². The van der Waals surface area contributed by atoms with E-state index in [2.05, 4.69) is 0 Å². The standard InChI is InChI=1S/C10H15ClN2O2S/c1-3-13(2)16(14,15)10-5-4-8(7-12)6-9(10)11/h4-6H,3,7,12H2,1-2H3. The number of nitrogens with zero attached hydrogens (tertiary/aromatic N) is 1. The zero-order valence-corrected chi connectivity index (χ0v) is 10.8. The quantitative estimate of drug-likeness (QED) is 0.893. The van der Waals surface area contributed by atoms with Crippen molar-refractivity contribution in [2.45, 2.75) is 18.4 Å². The van der Waals surface area contributed by atoms with Gasteiger partial charge in [-0.1, -0.05) is 24.6 Å². The van der Waals surface area contributed by atoms with Crippen molar-refractivity contribution in [3.63, 3.8) is 0 Å². The lowest BCUT2D eigenvalue weighted by atomic mass is 10.2. The van der Waals surface area contributed by atoms with E-state index in [-0.39, 0.29) is 9.92 Å². The van der Waals surface area contributed by atoms with Gasteiger partial charge in [0.25, 0.3) is 0 Å². The molecule has 6 heteroatoms. The number of hydrogen-bond donors (Lipinski definition) is 1. The van der Waals surface area contributed by atoms with Crippen LogP contribution in [0.2, 0.25) is 5.02 Å². The summed E-state index contributed by atoms with van der Waals surface area (Å²) >= 11 is 5.93. The third-order valence-electron chi connectivity index (χ3n) is 2.37. The van der Waals surface area contributed by atoms with E-state index >= 15 is 0 Å². The van der Waals surface area contributed by atoms with E-state index < -0.39 is 10.0 Å². The SMILES string of the molecule is CCN(C)S(=O)(=O)c1ccc(CN)cc1Cl. The highest BCUT2D eigenvalue weighted by Crippen LogP contribution is 2.24. The van der Waals surface area contributed by atoms with Crippen LogP contribution in [0.4, 0.5) is 0 Å². The number of halogens is 1. The number of benzene rings is 1. The molecule has 0 aromatic heterocycles. The molecule has 0 saturated heterocycles. The highest BCUT2D eigenvalue weighted by molar-refractivity contribution is 7.89. The largest absolute Gasteiger partial charge is 0.326 e. The Bertz CT molecular complexity index is 474. The molecule has 90 valence electrons. The van der Waals surface area contributed by atoms with Crippen molar-refractivity contribution in [2.75, 3.05) is 13.6 Å². The van der Waals surface area contributed by atoms with Crippen molar-refractivity contribution in [2.24, 2.45) is 5.73 Å². The fraction of sp³-hybridized carbons (Fsp3) is 0.400. The molecule has 0 radical (unpaired) electrons. The first kappa shape index (κ1) is 13.4. The molecule has 0 heterocycles. The van der Waals surface area contributed by atoms with Crippen LogP contribution < -0.4 is 5.73 Å². The van der Waals surface area contributed by atoms with E-state index in [0.717, 1.165) is 5.56 Å². The van der Waals surface area contributed by atoms with E-state index in [1.807, 2.05) is 0 Å². The molecule has 2 N–H and O–H groups in total. The Kier molecular flexibility index (Phi) is 4.32. The van der Waals surface area contributed by atoms with Crippen LogP contribution in [-0.4, -0.2) is 26.3 Å². The smallest absolute Gasteiger partial charge is 0.244 e. The lowest BCUT2D eigenvalue weighted by Crippen LogP contribution is -2.26. The van der Waals surface area contributed by atoms with Gasteiger partial charge in [0, 0.05) is 20.1 Å². The maximum absolute atomic E-state index is 12.0. The highest BCUT2D eigenvalue weighted by atomic mass is 35.5. The van der Waals surface area contributed by atoms with Gasteiger partial charge >= 0.3 is 0 Å². The Labute approximate surface area is 101 Å². The fourth-order valence-corrected chi connectivity index (χ4v) is 2.94. The molecule has 0 aliphatic carbocycles. The van der Waals surface area contributed by atoms with E-state index in [9.17, 15) is 8.42 Å². The summed E-state index contributed by atoms with van der Waals surface area (Å²) in [5.74, 6) is 0. The second-order valence-electron chi connectivity index (χ2n) is 3.39. The van der Waals surface area contributed by atoms with Gasteiger partial charge in [-0.25, -0.2) is 12.7 Å². The second kappa shape index (κ2) is 5.14. The summed E-state index contributed by atoms with van der Waals surface area (Å²) in [6, 6.07) is 4.74. The first-order valence-electron chi connectivity index (χ1n) is 4.88. The molecule has 16 heavy (non-hydrogen) atoms. The van der Waals surface area contributed by atoms with Crippen LogP contribution in [-0.2, 0) is 16.6 Å². The monoisotopic (exact) mass is 262 g/mol. The van der Waals surface area contributed by atoms with Crippen molar-refractivity contribution >= 4 is 21.6 Å². The first-order valence-corrected chi connectivity index (χ1v) is 6.70. The van der Waals surface area contributed by atoms with Crippen LogP contribution >= 0.6 is 11.6 Å².